The Balaban J connectivity index is 2.20. The first-order valence-corrected chi connectivity index (χ1v) is 9.67. The van der Waals surface area contributed by atoms with Gasteiger partial charge in [0.05, 0.1) is 4.75 Å². The number of thioether (sulfide) groups is 1. The molecule has 0 atom stereocenters. The minimum Gasteiger partial charge on any atom is -0.141 e. The quantitative estimate of drug-likeness (QED) is 0.351. The van der Waals surface area contributed by atoms with E-state index in [-0.39, 0.29) is 4.75 Å². The lowest BCUT2D eigenvalue weighted by Crippen LogP contribution is -2.26. The maximum absolute atomic E-state index is 2.26. The summed E-state index contributed by atoms with van der Waals surface area (Å²) in [5.74, 6) is 1.15. The summed E-state index contributed by atoms with van der Waals surface area (Å²) in [6.45, 7) is 2.26. The molecule has 0 bridgehead atoms. The minimum absolute atomic E-state index is 0.154. The van der Waals surface area contributed by atoms with Crippen LogP contribution in [0.1, 0.15) is 36.5 Å². The molecule has 122 valence electrons. The van der Waals surface area contributed by atoms with E-state index in [2.05, 4.69) is 110 Å². The standard InChI is InChI=1S/C23H24S/c1-2-3-19-24-23(20-13-7-4-8-14-20,21-15-9-5-10-16-21)22-17-11-6-12-18-22/h4-18H,2-3,19H2,1H3. The maximum Gasteiger partial charge on any atom is 0.0906 e. The Morgan fingerprint density at radius 3 is 1.33 bits per heavy atom. The highest BCUT2D eigenvalue weighted by molar-refractivity contribution is 8.00. The Morgan fingerprint density at radius 2 is 1.00 bits per heavy atom. The first-order chi connectivity index (χ1) is 11.9. The fraction of sp³-hybridized carbons (Fsp3) is 0.217. The van der Waals surface area contributed by atoms with E-state index in [1.165, 1.54) is 29.5 Å². The van der Waals surface area contributed by atoms with Gasteiger partial charge < -0.3 is 0 Å². The molecule has 0 aromatic heterocycles. The van der Waals surface area contributed by atoms with Gasteiger partial charge in [-0.05, 0) is 28.9 Å². The third-order valence-corrected chi connectivity index (χ3v) is 5.99. The highest BCUT2D eigenvalue weighted by Gasteiger charge is 2.36. The van der Waals surface area contributed by atoms with Crippen molar-refractivity contribution in [2.75, 3.05) is 5.75 Å². The summed E-state index contributed by atoms with van der Waals surface area (Å²) >= 11 is 2.05. The maximum atomic E-state index is 2.26. The molecular formula is C23H24S. The van der Waals surface area contributed by atoms with Crippen molar-refractivity contribution in [3.05, 3.63) is 108 Å². The smallest absolute Gasteiger partial charge is 0.0906 e. The number of hydrogen-bond acceptors (Lipinski definition) is 1. The SMILES string of the molecule is CCCCSC(c1ccccc1)(c1ccccc1)c1ccccc1. The Bertz CT molecular complexity index is 623. The summed E-state index contributed by atoms with van der Waals surface area (Å²) in [7, 11) is 0. The van der Waals surface area contributed by atoms with Crippen LogP contribution in [0, 0.1) is 0 Å². The van der Waals surface area contributed by atoms with Crippen molar-refractivity contribution in [3.63, 3.8) is 0 Å². The van der Waals surface area contributed by atoms with Gasteiger partial charge in [0.2, 0.25) is 0 Å². The second-order valence-corrected chi connectivity index (χ2v) is 7.29. The zero-order valence-electron chi connectivity index (χ0n) is 14.2. The van der Waals surface area contributed by atoms with Crippen molar-refractivity contribution in [1.29, 1.82) is 0 Å². The molecule has 0 saturated heterocycles. The van der Waals surface area contributed by atoms with Gasteiger partial charge in [0, 0.05) is 0 Å². The average Bonchev–Trinajstić information content (AvgIpc) is 2.68. The summed E-state index contributed by atoms with van der Waals surface area (Å²) in [6.07, 6.45) is 2.46. The van der Waals surface area contributed by atoms with E-state index in [9.17, 15) is 0 Å². The molecule has 0 saturated carbocycles. The summed E-state index contributed by atoms with van der Waals surface area (Å²) in [6, 6.07) is 32.8. The van der Waals surface area contributed by atoms with E-state index in [4.69, 9.17) is 0 Å². The van der Waals surface area contributed by atoms with Gasteiger partial charge >= 0.3 is 0 Å². The molecule has 3 aromatic rings. The summed E-state index contributed by atoms with van der Waals surface area (Å²) < 4.78 is -0.154. The van der Waals surface area contributed by atoms with Crippen molar-refractivity contribution < 1.29 is 0 Å². The highest BCUT2D eigenvalue weighted by Crippen LogP contribution is 2.48. The van der Waals surface area contributed by atoms with E-state index in [0.29, 0.717) is 0 Å². The van der Waals surface area contributed by atoms with E-state index >= 15 is 0 Å². The van der Waals surface area contributed by atoms with Gasteiger partial charge in [-0.15, -0.1) is 11.8 Å². The van der Waals surface area contributed by atoms with Crippen LogP contribution < -0.4 is 0 Å². The molecule has 0 aliphatic rings. The predicted octanol–water partition coefficient (Wildman–Crippen LogP) is 6.51. The third kappa shape index (κ3) is 3.42. The van der Waals surface area contributed by atoms with E-state index in [0.717, 1.165) is 5.75 Å². The first-order valence-electron chi connectivity index (χ1n) is 8.68. The van der Waals surface area contributed by atoms with Crippen LogP contribution in [0.25, 0.3) is 0 Å². The Labute approximate surface area is 149 Å². The van der Waals surface area contributed by atoms with Gasteiger partial charge in [0.15, 0.2) is 0 Å². The monoisotopic (exact) mass is 332 g/mol. The normalized spacial score (nSPS) is 11.4. The predicted molar refractivity (Wildman–Crippen MR) is 107 cm³/mol. The van der Waals surface area contributed by atoms with Crippen molar-refractivity contribution in [2.24, 2.45) is 0 Å². The Kier molecular flexibility index (Phi) is 5.77. The lowest BCUT2D eigenvalue weighted by atomic mass is 9.84. The van der Waals surface area contributed by atoms with Gasteiger partial charge in [0.25, 0.3) is 0 Å². The first kappa shape index (κ1) is 16.9. The van der Waals surface area contributed by atoms with Crippen LogP contribution in [0.2, 0.25) is 0 Å². The largest absolute Gasteiger partial charge is 0.141 e. The van der Waals surface area contributed by atoms with E-state index in [1.807, 2.05) is 0 Å². The molecule has 3 aromatic carbocycles. The molecule has 0 unspecified atom stereocenters. The molecule has 0 aliphatic carbocycles. The zero-order chi connectivity index (χ0) is 16.7. The fourth-order valence-corrected chi connectivity index (χ4v) is 4.79. The van der Waals surface area contributed by atoms with Crippen molar-refractivity contribution in [3.8, 4) is 0 Å². The molecule has 0 aliphatic heterocycles. The van der Waals surface area contributed by atoms with Gasteiger partial charge in [-0.3, -0.25) is 0 Å². The summed E-state index contributed by atoms with van der Waals surface area (Å²) in [5, 5.41) is 0. The topological polar surface area (TPSA) is 0 Å². The van der Waals surface area contributed by atoms with Crippen LogP contribution in [0.4, 0.5) is 0 Å². The third-order valence-electron chi connectivity index (χ3n) is 4.36. The zero-order valence-corrected chi connectivity index (χ0v) is 15.0. The lowest BCUT2D eigenvalue weighted by Gasteiger charge is -2.35. The van der Waals surface area contributed by atoms with E-state index in [1.54, 1.807) is 0 Å². The van der Waals surface area contributed by atoms with Crippen LogP contribution in [0.3, 0.4) is 0 Å². The second kappa shape index (κ2) is 8.21. The van der Waals surface area contributed by atoms with Crippen molar-refractivity contribution in [1.82, 2.24) is 0 Å². The lowest BCUT2D eigenvalue weighted by molar-refractivity contribution is 0.862. The molecule has 0 fully saturated rings. The molecule has 0 amide bonds. The van der Waals surface area contributed by atoms with Gasteiger partial charge in [0.1, 0.15) is 0 Å². The molecule has 0 N–H and O–H groups in total. The Hall–Kier alpha value is -1.99. The van der Waals surface area contributed by atoms with Crippen molar-refractivity contribution in [2.45, 2.75) is 24.5 Å². The van der Waals surface area contributed by atoms with Crippen LogP contribution in [-0.4, -0.2) is 5.75 Å². The molecule has 3 rings (SSSR count). The second-order valence-electron chi connectivity index (χ2n) is 5.98. The van der Waals surface area contributed by atoms with Crippen molar-refractivity contribution >= 4 is 11.8 Å². The minimum atomic E-state index is -0.154. The van der Waals surface area contributed by atoms with Crippen LogP contribution in [0.15, 0.2) is 91.0 Å². The average molecular weight is 333 g/mol. The molecule has 0 nitrogen and oxygen atoms in total. The number of benzene rings is 3. The molecule has 24 heavy (non-hydrogen) atoms. The van der Waals surface area contributed by atoms with Crippen LogP contribution in [0.5, 0.6) is 0 Å². The molecule has 1 heteroatoms. The van der Waals surface area contributed by atoms with E-state index < -0.39 is 0 Å². The number of hydrogen-bond donors (Lipinski definition) is 0. The summed E-state index contributed by atoms with van der Waals surface area (Å²) in [5.41, 5.74) is 4.05. The number of unbranched alkanes of at least 4 members (excludes halogenated alkanes) is 1. The van der Waals surface area contributed by atoms with Gasteiger partial charge in [-0.25, -0.2) is 0 Å². The fourth-order valence-electron chi connectivity index (χ4n) is 3.14. The highest BCUT2D eigenvalue weighted by atomic mass is 32.2. The van der Waals surface area contributed by atoms with Gasteiger partial charge in [-0.2, -0.15) is 0 Å². The molecular weight excluding hydrogens is 308 g/mol. The molecule has 0 heterocycles. The number of rotatable bonds is 7. The van der Waals surface area contributed by atoms with Crippen LogP contribution >= 0.6 is 11.8 Å². The Morgan fingerprint density at radius 1 is 0.625 bits per heavy atom. The van der Waals surface area contributed by atoms with Crippen LogP contribution in [-0.2, 0) is 4.75 Å². The van der Waals surface area contributed by atoms with Gasteiger partial charge in [-0.1, -0.05) is 104 Å². The summed E-state index contributed by atoms with van der Waals surface area (Å²) in [4.78, 5) is 0. The molecule has 0 spiro atoms. The molecule has 0 radical (unpaired) electrons.